The van der Waals surface area contributed by atoms with Gasteiger partial charge in [0.05, 0.1) is 11.9 Å². The zero-order valence-corrected chi connectivity index (χ0v) is 12.5. The van der Waals surface area contributed by atoms with Crippen molar-refractivity contribution in [1.29, 1.82) is 0 Å². The molecule has 23 heavy (non-hydrogen) atoms. The maximum absolute atomic E-state index is 13.2. The van der Waals surface area contributed by atoms with Crippen LogP contribution in [0.5, 0.6) is 0 Å². The topological polar surface area (TPSA) is 86.1 Å². The van der Waals surface area contributed by atoms with Crippen LogP contribution in [0.4, 0.5) is 4.39 Å². The first-order valence-corrected chi connectivity index (χ1v) is 7.53. The van der Waals surface area contributed by atoms with Gasteiger partial charge in [0, 0.05) is 25.7 Å². The molecule has 0 aliphatic carbocycles. The predicted molar refractivity (Wildman–Crippen MR) is 80.3 cm³/mol. The number of hydrogen-bond acceptors (Lipinski definition) is 5. The van der Waals surface area contributed by atoms with Crippen molar-refractivity contribution >= 4 is 16.8 Å². The first-order chi connectivity index (χ1) is 11.1. The van der Waals surface area contributed by atoms with E-state index in [2.05, 4.69) is 15.6 Å². The average molecular weight is 320 g/mol. The molecule has 3 rings (SSSR count). The highest BCUT2D eigenvalue weighted by atomic mass is 19.1. The van der Waals surface area contributed by atoms with E-state index in [1.165, 1.54) is 12.1 Å². The number of hydrogen-bond donors (Lipinski definition) is 1. The fraction of sp³-hybridized carbons (Fsp3) is 0.467. The van der Waals surface area contributed by atoms with Crippen molar-refractivity contribution in [2.24, 2.45) is 5.92 Å². The number of aromatic nitrogens is 3. The average Bonchev–Trinajstić information content (AvgIpc) is 2.58. The smallest absolute Gasteiger partial charge is 0.277 e. The van der Waals surface area contributed by atoms with Crippen molar-refractivity contribution in [3.8, 4) is 0 Å². The molecule has 1 amide bonds. The minimum absolute atomic E-state index is 0.0406. The number of ether oxygens (including phenoxy) is 1. The summed E-state index contributed by atoms with van der Waals surface area (Å²) in [4.78, 5) is 24.2. The Hall–Kier alpha value is -2.35. The fourth-order valence-electron chi connectivity index (χ4n) is 2.58. The summed E-state index contributed by atoms with van der Waals surface area (Å²) in [7, 11) is 0. The van der Waals surface area contributed by atoms with E-state index in [4.69, 9.17) is 4.74 Å². The third kappa shape index (κ3) is 3.53. The van der Waals surface area contributed by atoms with Gasteiger partial charge in [-0.25, -0.2) is 9.07 Å². The van der Waals surface area contributed by atoms with Gasteiger partial charge in [-0.1, -0.05) is 5.21 Å². The molecule has 2 aromatic rings. The van der Waals surface area contributed by atoms with Gasteiger partial charge in [-0.05, 0) is 31.0 Å². The molecule has 1 saturated heterocycles. The largest absolute Gasteiger partial charge is 0.381 e. The quantitative estimate of drug-likeness (QED) is 0.885. The Bertz CT molecular complexity index is 771. The molecule has 1 N–H and O–H groups in total. The lowest BCUT2D eigenvalue weighted by atomic mass is 9.99. The second-order valence-corrected chi connectivity index (χ2v) is 5.46. The van der Waals surface area contributed by atoms with E-state index < -0.39 is 11.4 Å². The van der Waals surface area contributed by atoms with E-state index in [9.17, 15) is 14.0 Å². The molecule has 1 aromatic carbocycles. The zero-order valence-electron chi connectivity index (χ0n) is 12.5. The van der Waals surface area contributed by atoms with Crippen LogP contribution in [0.2, 0.25) is 0 Å². The molecule has 0 bridgehead atoms. The summed E-state index contributed by atoms with van der Waals surface area (Å²) in [5, 5.41) is 10.7. The number of nitrogens with one attached hydrogen (secondary N) is 1. The van der Waals surface area contributed by atoms with E-state index in [1.54, 1.807) is 0 Å². The molecule has 0 spiro atoms. The van der Waals surface area contributed by atoms with Crippen molar-refractivity contribution < 1.29 is 13.9 Å². The minimum atomic E-state index is -0.498. The van der Waals surface area contributed by atoms with Gasteiger partial charge in [0.1, 0.15) is 11.3 Å². The molecule has 2 heterocycles. The molecular formula is C15H17FN4O3. The van der Waals surface area contributed by atoms with Gasteiger partial charge in [-0.15, -0.1) is 5.10 Å². The van der Waals surface area contributed by atoms with E-state index in [-0.39, 0.29) is 30.3 Å². The van der Waals surface area contributed by atoms with Crippen molar-refractivity contribution in [3.63, 3.8) is 0 Å². The minimum Gasteiger partial charge on any atom is -0.381 e. The highest BCUT2D eigenvalue weighted by Crippen LogP contribution is 2.14. The Morgan fingerprint density at radius 3 is 2.96 bits per heavy atom. The maximum atomic E-state index is 13.2. The fourth-order valence-corrected chi connectivity index (χ4v) is 2.58. The maximum Gasteiger partial charge on any atom is 0.277 e. The second-order valence-electron chi connectivity index (χ2n) is 5.46. The molecule has 1 aromatic heterocycles. The predicted octanol–water partition coefficient (Wildman–Crippen LogP) is 0.473. The highest BCUT2D eigenvalue weighted by Gasteiger charge is 2.21. The first-order valence-electron chi connectivity index (χ1n) is 7.53. The first kappa shape index (κ1) is 15.5. The highest BCUT2D eigenvalue weighted by molar-refractivity contribution is 5.78. The van der Waals surface area contributed by atoms with Crippen LogP contribution in [0.25, 0.3) is 10.9 Å². The number of carbonyl (C=O) groups excluding carboxylic acids is 1. The number of benzene rings is 1. The van der Waals surface area contributed by atoms with E-state index in [1.807, 2.05) is 0 Å². The Labute approximate surface area is 131 Å². The van der Waals surface area contributed by atoms with Crippen molar-refractivity contribution in [2.45, 2.75) is 19.4 Å². The SMILES string of the molecule is O=C(NCCn1nnc2ccc(F)cc2c1=O)C1CCOCC1. The lowest BCUT2D eigenvalue weighted by Gasteiger charge is -2.21. The normalized spacial score (nSPS) is 15.7. The van der Waals surface area contributed by atoms with Crippen LogP contribution in [-0.4, -0.2) is 40.7 Å². The van der Waals surface area contributed by atoms with Gasteiger partial charge in [0.2, 0.25) is 5.91 Å². The van der Waals surface area contributed by atoms with Crippen LogP contribution in [0.15, 0.2) is 23.0 Å². The molecule has 8 heteroatoms. The van der Waals surface area contributed by atoms with Crippen molar-refractivity contribution in [3.05, 3.63) is 34.4 Å². The van der Waals surface area contributed by atoms with Crippen molar-refractivity contribution in [1.82, 2.24) is 20.3 Å². The van der Waals surface area contributed by atoms with E-state index >= 15 is 0 Å². The van der Waals surface area contributed by atoms with Gasteiger partial charge < -0.3 is 10.1 Å². The van der Waals surface area contributed by atoms with Crippen LogP contribution in [0.1, 0.15) is 12.8 Å². The van der Waals surface area contributed by atoms with Crippen LogP contribution < -0.4 is 10.9 Å². The lowest BCUT2D eigenvalue weighted by molar-refractivity contribution is -0.127. The molecule has 0 unspecified atom stereocenters. The number of fused-ring (bicyclic) bond motifs is 1. The number of carbonyl (C=O) groups is 1. The Kier molecular flexibility index (Phi) is 4.61. The third-order valence-corrected chi connectivity index (χ3v) is 3.90. The molecule has 122 valence electrons. The van der Waals surface area contributed by atoms with Gasteiger partial charge in [-0.3, -0.25) is 9.59 Å². The molecule has 7 nitrogen and oxygen atoms in total. The summed E-state index contributed by atoms with van der Waals surface area (Å²) < 4.78 is 19.6. The summed E-state index contributed by atoms with van der Waals surface area (Å²) in [6.07, 6.45) is 1.42. The molecule has 0 atom stereocenters. The van der Waals surface area contributed by atoms with Crippen LogP contribution in [0.3, 0.4) is 0 Å². The standard InChI is InChI=1S/C15H17FN4O3/c16-11-1-2-13-12(9-11)15(22)20(19-18-13)6-5-17-14(21)10-3-7-23-8-4-10/h1-2,9-10H,3-8H2,(H,17,21). The summed E-state index contributed by atoms with van der Waals surface area (Å²) in [5.41, 5.74) is -0.0753. The summed E-state index contributed by atoms with van der Waals surface area (Å²) in [6.45, 7) is 1.65. The monoisotopic (exact) mass is 320 g/mol. The number of nitrogens with zero attached hydrogens (tertiary/aromatic N) is 3. The van der Waals surface area contributed by atoms with Crippen molar-refractivity contribution in [2.75, 3.05) is 19.8 Å². The van der Waals surface area contributed by atoms with Gasteiger partial charge in [0.25, 0.3) is 5.56 Å². The van der Waals surface area contributed by atoms with Crippen LogP contribution in [-0.2, 0) is 16.1 Å². The number of rotatable bonds is 4. The van der Waals surface area contributed by atoms with E-state index in [0.717, 1.165) is 10.7 Å². The van der Waals surface area contributed by atoms with Crippen LogP contribution >= 0.6 is 0 Å². The van der Waals surface area contributed by atoms with Crippen LogP contribution in [0, 0.1) is 11.7 Å². The number of amides is 1. The summed E-state index contributed by atoms with van der Waals surface area (Å²) >= 11 is 0. The Morgan fingerprint density at radius 1 is 1.39 bits per heavy atom. The number of halogens is 1. The lowest BCUT2D eigenvalue weighted by Crippen LogP contribution is -2.37. The third-order valence-electron chi connectivity index (χ3n) is 3.90. The molecule has 0 saturated carbocycles. The Balaban J connectivity index is 1.64. The molecule has 0 radical (unpaired) electrons. The molecule has 1 fully saturated rings. The summed E-state index contributed by atoms with van der Waals surface area (Å²) in [5.74, 6) is -0.583. The Morgan fingerprint density at radius 2 is 2.17 bits per heavy atom. The van der Waals surface area contributed by atoms with Gasteiger partial charge in [0.15, 0.2) is 0 Å². The van der Waals surface area contributed by atoms with Gasteiger partial charge in [-0.2, -0.15) is 0 Å². The molecule has 1 aliphatic rings. The zero-order chi connectivity index (χ0) is 16.2. The summed E-state index contributed by atoms with van der Waals surface area (Å²) in [6, 6.07) is 3.79. The molecule has 1 aliphatic heterocycles. The second kappa shape index (κ2) is 6.82. The molecular weight excluding hydrogens is 303 g/mol. The van der Waals surface area contributed by atoms with E-state index in [0.29, 0.717) is 31.6 Å². The van der Waals surface area contributed by atoms with Gasteiger partial charge >= 0.3 is 0 Å².